The highest BCUT2D eigenvalue weighted by atomic mass is 35.5. The summed E-state index contributed by atoms with van der Waals surface area (Å²) in [5.41, 5.74) is 2.24. The summed E-state index contributed by atoms with van der Waals surface area (Å²) in [6.07, 6.45) is -0.266. The lowest BCUT2D eigenvalue weighted by Crippen LogP contribution is -2.42. The zero-order valence-electron chi connectivity index (χ0n) is 19.1. The number of amides is 3. The molecule has 8 heteroatoms. The Bertz CT molecular complexity index is 1290. The second-order valence-corrected chi connectivity index (χ2v) is 8.73. The number of hydrogen-bond donors (Lipinski definition) is 0. The summed E-state index contributed by atoms with van der Waals surface area (Å²) in [5.74, 6) is -0.426. The molecule has 7 nitrogen and oxygen atoms in total. The van der Waals surface area contributed by atoms with Gasteiger partial charge in [-0.15, -0.1) is 0 Å². The third kappa shape index (κ3) is 4.40. The van der Waals surface area contributed by atoms with Crippen LogP contribution >= 0.6 is 11.6 Å². The third-order valence-corrected chi connectivity index (χ3v) is 6.39. The summed E-state index contributed by atoms with van der Waals surface area (Å²) in [5, 5.41) is 0.633. The number of anilines is 1. The number of nitrogens with zero attached hydrogens (tertiary/aromatic N) is 2. The number of benzene rings is 3. The van der Waals surface area contributed by atoms with Crippen LogP contribution in [0, 0.1) is 0 Å². The van der Waals surface area contributed by atoms with Crippen LogP contribution in [0.5, 0.6) is 5.75 Å². The number of rotatable bonds is 5. The molecule has 3 amide bonds. The Balaban J connectivity index is 1.35. The first-order valence-corrected chi connectivity index (χ1v) is 11.8. The van der Waals surface area contributed by atoms with Gasteiger partial charge in [0.1, 0.15) is 11.9 Å². The minimum absolute atomic E-state index is 0.213. The molecule has 0 aromatic heterocycles. The lowest BCUT2D eigenvalue weighted by molar-refractivity contribution is -0.0228. The predicted molar refractivity (Wildman–Crippen MR) is 131 cm³/mol. The van der Waals surface area contributed by atoms with Crippen LogP contribution in [-0.2, 0) is 4.74 Å². The minimum atomic E-state index is -0.454. The predicted octanol–water partition coefficient (Wildman–Crippen LogP) is 4.75. The molecule has 1 fully saturated rings. The molecule has 0 radical (unpaired) electrons. The fraction of sp³-hybridized carbons (Fsp3) is 0.222. The molecule has 1 atom stereocenters. The smallest absolute Gasteiger partial charge is 0.266 e. The molecule has 0 aliphatic carbocycles. The van der Waals surface area contributed by atoms with Gasteiger partial charge in [0.2, 0.25) is 0 Å². The number of ether oxygens (including phenoxy) is 2. The minimum Gasteiger partial charge on any atom is -0.494 e. The number of fused-ring (bicyclic) bond motifs is 1. The number of carbonyl (C=O) groups is 3. The van der Waals surface area contributed by atoms with Crippen molar-refractivity contribution in [2.24, 2.45) is 0 Å². The van der Waals surface area contributed by atoms with Gasteiger partial charge in [-0.2, -0.15) is 0 Å². The van der Waals surface area contributed by atoms with Gasteiger partial charge in [-0.1, -0.05) is 23.7 Å². The van der Waals surface area contributed by atoms with E-state index >= 15 is 0 Å². The molecule has 0 N–H and O–H groups in total. The van der Waals surface area contributed by atoms with Crippen molar-refractivity contribution >= 4 is 35.0 Å². The lowest BCUT2D eigenvalue weighted by Gasteiger charge is -2.33. The van der Waals surface area contributed by atoms with E-state index in [4.69, 9.17) is 21.1 Å². The summed E-state index contributed by atoms with van der Waals surface area (Å²) in [4.78, 5) is 42.3. The quantitative estimate of drug-likeness (QED) is 0.482. The van der Waals surface area contributed by atoms with Gasteiger partial charge in [-0.05, 0) is 67.1 Å². The maximum Gasteiger partial charge on any atom is 0.266 e. The largest absolute Gasteiger partial charge is 0.494 e. The Hall–Kier alpha value is -3.68. The normalized spacial score (nSPS) is 17.5. The van der Waals surface area contributed by atoms with E-state index in [1.54, 1.807) is 53.4 Å². The van der Waals surface area contributed by atoms with Crippen molar-refractivity contribution < 1.29 is 23.9 Å². The summed E-state index contributed by atoms with van der Waals surface area (Å²) >= 11 is 5.98. The van der Waals surface area contributed by atoms with E-state index < -0.39 is 11.8 Å². The molecule has 3 aromatic carbocycles. The highest BCUT2D eigenvalue weighted by Crippen LogP contribution is 2.31. The fourth-order valence-electron chi connectivity index (χ4n) is 4.36. The van der Waals surface area contributed by atoms with Crippen LogP contribution < -0.4 is 9.64 Å². The van der Waals surface area contributed by atoms with Crippen LogP contribution in [0.3, 0.4) is 0 Å². The molecule has 1 saturated heterocycles. The van der Waals surface area contributed by atoms with Gasteiger partial charge in [-0.3, -0.25) is 14.4 Å². The molecular weight excluding hydrogens is 468 g/mol. The number of imide groups is 1. The first-order valence-electron chi connectivity index (χ1n) is 11.4. The molecule has 5 rings (SSSR count). The van der Waals surface area contributed by atoms with E-state index in [0.29, 0.717) is 48.3 Å². The second kappa shape index (κ2) is 9.52. The van der Waals surface area contributed by atoms with Gasteiger partial charge < -0.3 is 14.4 Å². The van der Waals surface area contributed by atoms with Gasteiger partial charge in [0.05, 0.1) is 36.6 Å². The van der Waals surface area contributed by atoms with Crippen molar-refractivity contribution in [2.75, 3.05) is 31.2 Å². The van der Waals surface area contributed by atoms with Gasteiger partial charge in [0.15, 0.2) is 0 Å². The Labute approximate surface area is 207 Å². The summed E-state index contributed by atoms with van der Waals surface area (Å²) in [6, 6.07) is 18.8. The number of morpholine rings is 1. The first-order chi connectivity index (χ1) is 17.0. The van der Waals surface area contributed by atoms with Crippen LogP contribution in [-0.4, -0.2) is 48.9 Å². The van der Waals surface area contributed by atoms with Gasteiger partial charge >= 0.3 is 0 Å². The van der Waals surface area contributed by atoms with Crippen LogP contribution in [0.25, 0.3) is 0 Å². The van der Waals surface area contributed by atoms with Gasteiger partial charge in [0.25, 0.3) is 17.7 Å². The highest BCUT2D eigenvalue weighted by Gasteiger charge is 2.37. The van der Waals surface area contributed by atoms with E-state index in [-0.39, 0.29) is 23.1 Å². The number of carbonyl (C=O) groups excluding carboxylic acids is 3. The van der Waals surface area contributed by atoms with Crippen molar-refractivity contribution in [3.63, 3.8) is 0 Å². The van der Waals surface area contributed by atoms with E-state index in [9.17, 15) is 14.4 Å². The summed E-state index contributed by atoms with van der Waals surface area (Å²) in [7, 11) is 0. The monoisotopic (exact) mass is 490 g/mol. The van der Waals surface area contributed by atoms with E-state index in [1.807, 2.05) is 19.1 Å². The number of hydrogen-bond acceptors (Lipinski definition) is 5. The molecule has 35 heavy (non-hydrogen) atoms. The molecule has 1 unspecified atom stereocenters. The maximum atomic E-state index is 13.3. The van der Waals surface area contributed by atoms with E-state index in [2.05, 4.69) is 0 Å². The van der Waals surface area contributed by atoms with Crippen LogP contribution in [0.15, 0.2) is 66.7 Å². The average molecular weight is 491 g/mol. The Morgan fingerprint density at radius 3 is 2.43 bits per heavy atom. The van der Waals surface area contributed by atoms with Crippen LogP contribution in [0.1, 0.15) is 49.7 Å². The van der Waals surface area contributed by atoms with Crippen LogP contribution in [0.4, 0.5) is 5.69 Å². The third-order valence-electron chi connectivity index (χ3n) is 6.13. The van der Waals surface area contributed by atoms with Crippen molar-refractivity contribution in [2.45, 2.75) is 13.0 Å². The van der Waals surface area contributed by atoms with Crippen molar-refractivity contribution in [1.29, 1.82) is 0 Å². The topological polar surface area (TPSA) is 76.2 Å². The fourth-order valence-corrected chi connectivity index (χ4v) is 4.49. The average Bonchev–Trinajstić information content (AvgIpc) is 3.14. The Morgan fingerprint density at radius 1 is 1.00 bits per heavy atom. The van der Waals surface area contributed by atoms with Crippen LogP contribution in [0.2, 0.25) is 5.02 Å². The Kier molecular flexibility index (Phi) is 6.28. The lowest BCUT2D eigenvalue weighted by atomic mass is 10.0. The highest BCUT2D eigenvalue weighted by molar-refractivity contribution is 6.34. The summed E-state index contributed by atoms with van der Waals surface area (Å²) in [6.45, 7) is 3.61. The molecule has 2 heterocycles. The zero-order chi connectivity index (χ0) is 24.5. The van der Waals surface area contributed by atoms with E-state index in [0.717, 1.165) is 10.5 Å². The maximum absolute atomic E-state index is 13.3. The van der Waals surface area contributed by atoms with Crippen molar-refractivity contribution in [3.05, 3.63) is 94.0 Å². The zero-order valence-corrected chi connectivity index (χ0v) is 19.8. The molecule has 2 aliphatic rings. The number of halogens is 1. The Morgan fingerprint density at radius 2 is 1.71 bits per heavy atom. The second-order valence-electron chi connectivity index (χ2n) is 8.30. The molecule has 2 aliphatic heterocycles. The first kappa shape index (κ1) is 23.1. The molecule has 178 valence electrons. The van der Waals surface area contributed by atoms with E-state index in [1.165, 1.54) is 6.07 Å². The van der Waals surface area contributed by atoms with Crippen molar-refractivity contribution in [1.82, 2.24) is 4.90 Å². The molecular formula is C27H23ClN2O5. The molecule has 0 bridgehead atoms. The molecule has 0 spiro atoms. The van der Waals surface area contributed by atoms with Gasteiger partial charge in [0, 0.05) is 17.1 Å². The molecule has 0 saturated carbocycles. The van der Waals surface area contributed by atoms with Gasteiger partial charge in [-0.25, -0.2) is 4.90 Å². The van der Waals surface area contributed by atoms with Crippen molar-refractivity contribution in [3.8, 4) is 5.75 Å². The standard InChI is InChI=1S/C27H23ClN2O5/c1-2-34-21-10-8-20(9-11-21)30-26(32)22-12-5-18(15-23(22)27(30)33)25(31)29-13-14-35-24(16-29)17-3-6-19(28)7-4-17/h3-12,15,24H,2,13-14,16H2,1H3. The SMILES string of the molecule is CCOc1ccc(N2C(=O)c3ccc(C(=O)N4CCOC(c5ccc(Cl)cc5)C4)cc3C2=O)cc1. The molecule has 3 aromatic rings. The summed E-state index contributed by atoms with van der Waals surface area (Å²) < 4.78 is 11.3.